The van der Waals surface area contributed by atoms with E-state index in [4.69, 9.17) is 32.5 Å². The van der Waals surface area contributed by atoms with Gasteiger partial charge >= 0.3 is 0 Å². The van der Waals surface area contributed by atoms with Crippen molar-refractivity contribution in [3.05, 3.63) is 46.5 Å². The Bertz CT molecular complexity index is 824. The van der Waals surface area contributed by atoms with Crippen LogP contribution in [0.25, 0.3) is 0 Å². The van der Waals surface area contributed by atoms with Crippen molar-refractivity contribution in [2.45, 2.75) is 31.1 Å². The molecule has 3 rings (SSSR count). The molecule has 11 heteroatoms. The molecule has 1 aliphatic heterocycles. The summed E-state index contributed by atoms with van der Waals surface area (Å²) in [4.78, 5) is 3.96. The molecule has 2 atom stereocenters. The molecule has 8 nitrogen and oxygen atoms in total. The van der Waals surface area contributed by atoms with Gasteiger partial charge < -0.3 is 9.84 Å². The lowest BCUT2D eigenvalue weighted by molar-refractivity contribution is -0.0747. The lowest BCUT2D eigenvalue weighted by Crippen LogP contribution is -2.33. The molecule has 2 N–H and O–H groups in total. The van der Waals surface area contributed by atoms with Crippen molar-refractivity contribution >= 4 is 33.3 Å². The highest BCUT2D eigenvalue weighted by Crippen LogP contribution is 2.43. The first-order valence-corrected chi connectivity index (χ1v) is 10.2. The number of hydrogen-bond donors (Lipinski definition) is 2. The van der Waals surface area contributed by atoms with Gasteiger partial charge in [-0.2, -0.15) is 13.5 Å². The zero-order valence-electron chi connectivity index (χ0n) is 13.9. The Balaban J connectivity index is 0.000000431. The molecule has 26 heavy (non-hydrogen) atoms. The number of benzene rings is 1. The molecule has 0 radical (unpaired) electrons. The zero-order valence-corrected chi connectivity index (χ0v) is 16.2. The minimum Gasteiger partial charge on any atom is -0.394 e. The van der Waals surface area contributed by atoms with Crippen LogP contribution >= 0.6 is 23.2 Å². The molecular weight excluding hydrogens is 405 g/mol. The van der Waals surface area contributed by atoms with Crippen molar-refractivity contribution in [3.8, 4) is 0 Å². The van der Waals surface area contributed by atoms with Crippen LogP contribution < -0.4 is 0 Å². The summed E-state index contributed by atoms with van der Waals surface area (Å²) in [5.74, 6) is 0. The molecule has 0 amide bonds. The Morgan fingerprint density at radius 1 is 1.42 bits per heavy atom. The summed E-state index contributed by atoms with van der Waals surface area (Å²) in [5.41, 5.74) is 0.239. The van der Waals surface area contributed by atoms with Crippen LogP contribution in [0.5, 0.6) is 0 Å². The number of nitrogens with zero attached hydrogens (tertiary/aromatic N) is 3. The predicted molar refractivity (Wildman–Crippen MR) is 96.8 cm³/mol. The number of aliphatic hydroxyl groups is 1. The normalized spacial score (nSPS) is 22.7. The van der Waals surface area contributed by atoms with Gasteiger partial charge in [-0.05, 0) is 25.0 Å². The second-order valence-electron chi connectivity index (χ2n) is 5.91. The molecule has 1 fully saturated rings. The summed E-state index contributed by atoms with van der Waals surface area (Å²) in [6, 6.07) is 5.38. The summed E-state index contributed by atoms with van der Waals surface area (Å²) in [6.07, 6.45) is 5.16. The molecule has 0 spiro atoms. The molecule has 144 valence electrons. The molecule has 0 aliphatic carbocycles. The van der Waals surface area contributed by atoms with Crippen LogP contribution in [0, 0.1) is 0 Å². The topological polar surface area (TPSA) is 115 Å². The lowest BCUT2D eigenvalue weighted by atomic mass is 9.90. The van der Waals surface area contributed by atoms with Crippen LogP contribution in [0.2, 0.25) is 10.0 Å². The Labute approximate surface area is 161 Å². The minimum atomic E-state index is -3.67. The SMILES string of the molecule is CS(=O)(=O)O.OC[C@H]1CC[C@](Cn2cncn2)(c2ccc(Cl)cc2Cl)O1. The first-order chi connectivity index (χ1) is 12.1. The van der Waals surface area contributed by atoms with E-state index in [-0.39, 0.29) is 12.7 Å². The van der Waals surface area contributed by atoms with Crippen molar-refractivity contribution in [2.75, 3.05) is 12.9 Å². The van der Waals surface area contributed by atoms with Crippen molar-refractivity contribution in [3.63, 3.8) is 0 Å². The monoisotopic (exact) mass is 423 g/mol. The number of aliphatic hydroxyl groups excluding tert-OH is 1. The molecular formula is C15H19Cl2N3O5S. The van der Waals surface area contributed by atoms with E-state index in [1.54, 1.807) is 23.1 Å². The fourth-order valence-electron chi connectivity index (χ4n) is 2.79. The van der Waals surface area contributed by atoms with Crippen LogP contribution in [0.15, 0.2) is 30.9 Å². The predicted octanol–water partition coefficient (Wildman–Crippen LogP) is 2.16. The molecule has 1 aromatic heterocycles. The van der Waals surface area contributed by atoms with Gasteiger partial charge in [-0.1, -0.05) is 29.3 Å². The van der Waals surface area contributed by atoms with E-state index in [1.165, 1.54) is 6.33 Å². The molecule has 2 aromatic rings. The Kier molecular flexibility index (Phi) is 7.00. The number of rotatable bonds is 4. The van der Waals surface area contributed by atoms with Gasteiger partial charge in [0.25, 0.3) is 10.1 Å². The highest BCUT2D eigenvalue weighted by atomic mass is 35.5. The largest absolute Gasteiger partial charge is 0.394 e. The molecule has 0 unspecified atom stereocenters. The molecule has 1 aromatic carbocycles. The van der Waals surface area contributed by atoms with Gasteiger partial charge in [-0.15, -0.1) is 0 Å². The summed E-state index contributed by atoms with van der Waals surface area (Å²) in [7, 11) is -3.67. The van der Waals surface area contributed by atoms with E-state index in [1.807, 2.05) is 6.07 Å². The van der Waals surface area contributed by atoms with Crippen molar-refractivity contribution in [1.82, 2.24) is 14.8 Å². The van der Waals surface area contributed by atoms with E-state index in [9.17, 15) is 13.5 Å². The number of halogens is 2. The number of ether oxygens (including phenoxy) is 1. The molecule has 0 bridgehead atoms. The van der Waals surface area contributed by atoms with Crippen LogP contribution in [-0.4, -0.2) is 51.8 Å². The first kappa shape index (κ1) is 21.1. The Hall–Kier alpha value is -1.23. The average molecular weight is 424 g/mol. The summed E-state index contributed by atoms with van der Waals surface area (Å²) in [6.45, 7) is 0.481. The van der Waals surface area contributed by atoms with Gasteiger partial charge in [-0.25, -0.2) is 9.67 Å². The maximum atomic E-state index is 9.37. The number of aromatic nitrogens is 3. The van der Waals surface area contributed by atoms with Crippen molar-refractivity contribution < 1.29 is 22.8 Å². The maximum Gasteiger partial charge on any atom is 0.261 e. The third-order valence-electron chi connectivity index (χ3n) is 3.77. The Morgan fingerprint density at radius 2 is 2.12 bits per heavy atom. The quantitative estimate of drug-likeness (QED) is 0.723. The minimum absolute atomic E-state index is 0.00961. The van der Waals surface area contributed by atoms with E-state index in [0.717, 1.165) is 18.4 Å². The lowest BCUT2D eigenvalue weighted by Gasteiger charge is -2.30. The molecule has 2 heterocycles. The summed E-state index contributed by atoms with van der Waals surface area (Å²) in [5, 5.41) is 14.6. The molecule has 0 saturated carbocycles. The summed E-state index contributed by atoms with van der Waals surface area (Å²) >= 11 is 12.3. The fraction of sp³-hybridized carbons (Fsp3) is 0.467. The Morgan fingerprint density at radius 3 is 2.62 bits per heavy atom. The third kappa shape index (κ3) is 5.90. The van der Waals surface area contributed by atoms with Gasteiger partial charge in [0.1, 0.15) is 18.3 Å². The van der Waals surface area contributed by atoms with Gasteiger partial charge in [0.05, 0.1) is 25.5 Å². The maximum absolute atomic E-state index is 9.37. The van der Waals surface area contributed by atoms with Crippen LogP contribution in [0.4, 0.5) is 0 Å². The van der Waals surface area contributed by atoms with Gasteiger partial charge in [0, 0.05) is 15.6 Å². The molecule has 1 saturated heterocycles. The van der Waals surface area contributed by atoms with Crippen LogP contribution in [0.3, 0.4) is 0 Å². The van der Waals surface area contributed by atoms with Gasteiger partial charge in [-0.3, -0.25) is 4.55 Å². The van der Waals surface area contributed by atoms with Crippen LogP contribution in [0.1, 0.15) is 18.4 Å². The highest BCUT2D eigenvalue weighted by molar-refractivity contribution is 7.85. The average Bonchev–Trinajstić information content (AvgIpc) is 3.16. The van der Waals surface area contributed by atoms with Crippen LogP contribution in [-0.2, 0) is 27.0 Å². The van der Waals surface area contributed by atoms with E-state index >= 15 is 0 Å². The smallest absolute Gasteiger partial charge is 0.261 e. The first-order valence-electron chi connectivity index (χ1n) is 7.62. The van der Waals surface area contributed by atoms with Crippen molar-refractivity contribution in [2.24, 2.45) is 0 Å². The standard InChI is InChI=1S/C14H15Cl2N3O2.CH4O3S/c15-10-1-2-12(13(16)5-10)14(4-3-11(6-20)21-14)7-19-9-17-8-18-19;1-5(2,3)4/h1-2,5,8-9,11,20H,3-4,6-7H2;1H3,(H,2,3,4)/t11-,14+;/m1./s1. The fourth-order valence-corrected chi connectivity index (χ4v) is 3.37. The second kappa shape index (κ2) is 8.64. The second-order valence-corrected chi connectivity index (χ2v) is 8.22. The molecule has 1 aliphatic rings. The van der Waals surface area contributed by atoms with E-state index in [2.05, 4.69) is 10.1 Å². The van der Waals surface area contributed by atoms with Crippen molar-refractivity contribution in [1.29, 1.82) is 0 Å². The van der Waals surface area contributed by atoms with Gasteiger partial charge in [0.2, 0.25) is 0 Å². The number of hydrogen-bond acceptors (Lipinski definition) is 6. The van der Waals surface area contributed by atoms with Gasteiger partial charge in [0.15, 0.2) is 0 Å². The third-order valence-corrected chi connectivity index (χ3v) is 4.32. The highest BCUT2D eigenvalue weighted by Gasteiger charge is 2.43. The van der Waals surface area contributed by atoms with E-state index < -0.39 is 15.7 Å². The summed E-state index contributed by atoms with van der Waals surface area (Å²) < 4.78 is 33.7. The zero-order chi connectivity index (χ0) is 19.4. The van der Waals surface area contributed by atoms with E-state index in [0.29, 0.717) is 22.8 Å².